The molecule has 0 aromatic heterocycles. The number of carbonyl (C=O) groups excluding carboxylic acids is 5. The number of hydrogen-bond donors (Lipinski definition) is 4. The summed E-state index contributed by atoms with van der Waals surface area (Å²) in [6, 6.07) is 20.3. The van der Waals surface area contributed by atoms with E-state index in [2.05, 4.69) is 21.3 Å². The maximum absolute atomic E-state index is 14.1. The van der Waals surface area contributed by atoms with E-state index in [1.807, 2.05) is 100 Å². The van der Waals surface area contributed by atoms with Gasteiger partial charge in [0, 0.05) is 18.9 Å². The highest BCUT2D eigenvalue weighted by Crippen LogP contribution is 2.25. The van der Waals surface area contributed by atoms with Crippen LogP contribution in [0.4, 0.5) is 0 Å². The van der Waals surface area contributed by atoms with E-state index >= 15 is 0 Å². The van der Waals surface area contributed by atoms with Crippen molar-refractivity contribution in [3.8, 4) is 0 Å². The van der Waals surface area contributed by atoms with Gasteiger partial charge in [-0.1, -0.05) is 86.6 Å². The van der Waals surface area contributed by atoms with Crippen LogP contribution in [0.15, 0.2) is 72.8 Å². The Morgan fingerprint density at radius 1 is 0.891 bits per heavy atom. The van der Waals surface area contributed by atoms with Gasteiger partial charge in [0.15, 0.2) is 0 Å². The first-order valence-electron chi connectivity index (χ1n) is 16.2. The highest BCUT2D eigenvalue weighted by Gasteiger charge is 2.35. The molecule has 0 unspecified atom stereocenters. The van der Waals surface area contributed by atoms with Crippen LogP contribution in [0.5, 0.6) is 0 Å². The molecule has 4 N–H and O–H groups in total. The zero-order chi connectivity index (χ0) is 33.3. The number of hydrogen-bond acceptors (Lipinski definition) is 5. The molecule has 3 aromatic carbocycles. The fourth-order valence-corrected chi connectivity index (χ4v) is 6.00. The number of fused-ring (bicyclic) bond motifs is 1. The zero-order valence-corrected chi connectivity index (χ0v) is 27.2. The van der Waals surface area contributed by atoms with E-state index in [-0.39, 0.29) is 36.5 Å². The molecule has 1 fully saturated rings. The van der Waals surface area contributed by atoms with Crippen molar-refractivity contribution in [1.29, 1.82) is 0 Å². The van der Waals surface area contributed by atoms with Crippen LogP contribution in [0, 0.1) is 11.8 Å². The minimum absolute atomic E-state index is 0.0398. The summed E-state index contributed by atoms with van der Waals surface area (Å²) in [5, 5.41) is 13.4. The summed E-state index contributed by atoms with van der Waals surface area (Å²) in [4.78, 5) is 65.7. The van der Waals surface area contributed by atoms with E-state index in [9.17, 15) is 24.0 Å². The highest BCUT2D eigenvalue weighted by molar-refractivity contribution is 5.96. The van der Waals surface area contributed by atoms with E-state index in [0.717, 1.165) is 28.3 Å². The van der Waals surface area contributed by atoms with Crippen molar-refractivity contribution in [2.24, 2.45) is 11.8 Å². The molecule has 3 aromatic rings. The quantitative estimate of drug-likeness (QED) is 0.201. The normalized spacial score (nSPS) is 17.0. The summed E-state index contributed by atoms with van der Waals surface area (Å²) >= 11 is 0. The Balaban J connectivity index is 1.57. The molecule has 0 bridgehead atoms. The Hall–Kier alpha value is -4.53. The van der Waals surface area contributed by atoms with Gasteiger partial charge < -0.3 is 26.1 Å². The predicted molar refractivity (Wildman–Crippen MR) is 179 cm³/mol. The van der Waals surface area contributed by atoms with Crippen molar-refractivity contribution in [1.82, 2.24) is 21.3 Å². The van der Waals surface area contributed by atoms with E-state index in [4.69, 9.17) is 0 Å². The van der Waals surface area contributed by atoms with E-state index in [1.165, 1.54) is 0 Å². The first-order chi connectivity index (χ1) is 22.0. The summed E-state index contributed by atoms with van der Waals surface area (Å²) in [5.74, 6) is -1.77. The summed E-state index contributed by atoms with van der Waals surface area (Å²) in [7, 11) is 0. The van der Waals surface area contributed by atoms with Crippen LogP contribution in [0.1, 0.15) is 64.5 Å². The second-order valence-electron chi connectivity index (χ2n) is 13.2. The molecule has 1 saturated heterocycles. The molecular formula is C37H46N4O5. The Kier molecular flexibility index (Phi) is 11.7. The molecule has 0 saturated carbocycles. The van der Waals surface area contributed by atoms with Crippen molar-refractivity contribution < 1.29 is 24.0 Å². The van der Waals surface area contributed by atoms with Gasteiger partial charge in [0.25, 0.3) is 0 Å². The minimum Gasteiger partial charge on any atom is -0.356 e. The van der Waals surface area contributed by atoms with Gasteiger partial charge in [-0.25, -0.2) is 0 Å². The second-order valence-corrected chi connectivity index (χ2v) is 13.2. The van der Waals surface area contributed by atoms with Gasteiger partial charge in [-0.05, 0) is 67.3 Å². The van der Waals surface area contributed by atoms with Crippen molar-refractivity contribution in [2.75, 3.05) is 6.54 Å². The summed E-state index contributed by atoms with van der Waals surface area (Å²) in [6.45, 7) is 8.11. The Morgan fingerprint density at radius 3 is 2.26 bits per heavy atom. The molecule has 244 valence electrons. The average molecular weight is 627 g/mol. The molecule has 9 heteroatoms. The molecule has 0 aliphatic carbocycles. The third-order valence-corrected chi connectivity index (χ3v) is 8.76. The van der Waals surface area contributed by atoms with Crippen LogP contribution >= 0.6 is 0 Å². The number of piperidine rings is 1. The van der Waals surface area contributed by atoms with E-state index in [0.29, 0.717) is 25.7 Å². The molecule has 9 nitrogen and oxygen atoms in total. The fraction of sp³-hybridized carbons (Fsp3) is 0.432. The number of carbonyl (C=O) groups is 5. The third kappa shape index (κ3) is 8.80. The van der Waals surface area contributed by atoms with Crippen molar-refractivity contribution in [3.05, 3.63) is 83.9 Å². The number of amides is 4. The molecule has 46 heavy (non-hydrogen) atoms. The van der Waals surface area contributed by atoms with Crippen molar-refractivity contribution in [2.45, 2.75) is 83.3 Å². The summed E-state index contributed by atoms with van der Waals surface area (Å²) in [6.07, 6.45) is 2.81. The molecule has 4 rings (SSSR count). The predicted octanol–water partition coefficient (Wildman–Crippen LogP) is 3.98. The Bertz CT molecular complexity index is 1530. The van der Waals surface area contributed by atoms with Gasteiger partial charge in [0.2, 0.25) is 23.6 Å². The van der Waals surface area contributed by atoms with Gasteiger partial charge in [-0.15, -0.1) is 0 Å². The highest BCUT2D eigenvalue weighted by atomic mass is 16.2. The molecule has 0 radical (unpaired) electrons. The van der Waals surface area contributed by atoms with Crippen molar-refractivity contribution >= 4 is 40.7 Å². The lowest BCUT2D eigenvalue weighted by molar-refractivity contribution is -0.134. The topological polar surface area (TPSA) is 133 Å². The second kappa shape index (κ2) is 15.7. The van der Waals surface area contributed by atoms with Crippen LogP contribution in [-0.4, -0.2) is 54.6 Å². The smallest absolute Gasteiger partial charge is 0.243 e. The summed E-state index contributed by atoms with van der Waals surface area (Å²) < 4.78 is 0. The number of nitrogens with one attached hydrogen (secondary N) is 4. The van der Waals surface area contributed by atoms with Crippen LogP contribution in [0.25, 0.3) is 10.8 Å². The maximum atomic E-state index is 14.1. The van der Waals surface area contributed by atoms with Crippen LogP contribution in [0.3, 0.4) is 0 Å². The largest absolute Gasteiger partial charge is 0.356 e. The van der Waals surface area contributed by atoms with Crippen LogP contribution in [-0.2, 0) is 35.8 Å². The van der Waals surface area contributed by atoms with Gasteiger partial charge in [0.05, 0.1) is 11.5 Å². The van der Waals surface area contributed by atoms with E-state index < -0.39 is 35.4 Å². The molecule has 1 heterocycles. The standard InChI is InChI=1S/C37H46N4O5/c1-24(2)20-31(34(44)39-29(23-42)21-27-15-11-19-38-33(27)43)40-35(45)32(22-26-14-10-13-25-12-8-9-18-30(25)26)41-36(46)37(3,4)28-16-6-5-7-17-28/h5-10,12-14,16-18,23-24,27,29,31-32H,11,15,19-22H2,1-4H3,(H,38,43)(H,39,44)(H,40,45)(H,41,46)/t27-,29-,31-,32-/m0/s1. The Labute approximate surface area is 271 Å². The molecule has 0 spiro atoms. The minimum atomic E-state index is -0.989. The molecule has 1 aliphatic heterocycles. The van der Waals surface area contributed by atoms with E-state index in [1.54, 1.807) is 0 Å². The van der Waals surface area contributed by atoms with Crippen molar-refractivity contribution in [3.63, 3.8) is 0 Å². The van der Waals surface area contributed by atoms with Crippen LogP contribution < -0.4 is 21.3 Å². The monoisotopic (exact) mass is 626 g/mol. The van der Waals surface area contributed by atoms with Gasteiger partial charge in [0.1, 0.15) is 18.4 Å². The van der Waals surface area contributed by atoms with Gasteiger partial charge in [-0.2, -0.15) is 0 Å². The molecule has 1 aliphatic rings. The molecule has 4 amide bonds. The van der Waals surface area contributed by atoms with Gasteiger partial charge in [-0.3, -0.25) is 19.2 Å². The van der Waals surface area contributed by atoms with Gasteiger partial charge >= 0.3 is 0 Å². The lowest BCUT2D eigenvalue weighted by Crippen LogP contribution is -2.57. The number of rotatable bonds is 14. The lowest BCUT2D eigenvalue weighted by atomic mass is 9.83. The average Bonchev–Trinajstić information content (AvgIpc) is 3.04. The number of benzene rings is 3. The SMILES string of the molecule is CC(C)C[C@H](NC(=O)[C@H](Cc1cccc2ccccc12)NC(=O)C(C)(C)c1ccccc1)C(=O)N[C@H](C=O)C[C@@H]1CCCNC1=O. The maximum Gasteiger partial charge on any atom is 0.243 e. The van der Waals surface area contributed by atoms with Crippen LogP contribution in [0.2, 0.25) is 0 Å². The first-order valence-corrected chi connectivity index (χ1v) is 16.2. The third-order valence-electron chi connectivity index (χ3n) is 8.76. The summed E-state index contributed by atoms with van der Waals surface area (Å²) in [5.41, 5.74) is 0.753. The first kappa shape index (κ1) is 34.3. The molecular weight excluding hydrogens is 580 g/mol. The zero-order valence-electron chi connectivity index (χ0n) is 27.2. The lowest BCUT2D eigenvalue weighted by Gasteiger charge is -2.30. The fourth-order valence-electron chi connectivity index (χ4n) is 6.00. The number of aldehydes is 1. The Morgan fingerprint density at radius 2 is 1.57 bits per heavy atom. The molecule has 4 atom stereocenters.